The first kappa shape index (κ1) is 15.9. The summed E-state index contributed by atoms with van der Waals surface area (Å²) in [5, 5.41) is 0. The molecule has 0 unspecified atom stereocenters. The summed E-state index contributed by atoms with van der Waals surface area (Å²) in [5.41, 5.74) is 6.59. The molecule has 82 valence electrons. The highest BCUT2D eigenvalue weighted by Crippen LogP contribution is 2.05. The zero-order valence-corrected chi connectivity index (χ0v) is 9.95. The van der Waals surface area contributed by atoms with E-state index in [-0.39, 0.29) is 24.8 Å². The molecule has 0 heterocycles. The van der Waals surface area contributed by atoms with Crippen molar-refractivity contribution in [1.29, 1.82) is 0 Å². The highest BCUT2D eigenvalue weighted by molar-refractivity contribution is 7.89. The maximum atomic E-state index is 10.7. The van der Waals surface area contributed by atoms with E-state index in [1.807, 2.05) is 0 Å². The normalized spacial score (nSPS) is 18.1. The lowest BCUT2D eigenvalue weighted by molar-refractivity contribution is 0.603. The molecule has 0 aromatic rings. The first-order valence-corrected chi connectivity index (χ1v) is 5.24. The van der Waals surface area contributed by atoms with Crippen LogP contribution in [-0.2, 0) is 10.0 Å². The first-order valence-electron chi connectivity index (χ1n) is 3.39. The van der Waals surface area contributed by atoms with Gasteiger partial charge in [-0.05, 0) is 12.2 Å². The molecule has 0 bridgehead atoms. The number of sulfonamides is 1. The molecule has 1 rings (SSSR count). The third-order valence-electron chi connectivity index (χ3n) is 1.27. The van der Waals surface area contributed by atoms with Crippen molar-refractivity contribution in [1.82, 2.24) is 0 Å². The quantitative estimate of drug-likeness (QED) is 0.764. The largest absolute Gasteiger partial charge is 0.402 e. The lowest BCUT2D eigenvalue weighted by atomic mass is 10.1. The van der Waals surface area contributed by atoms with Crippen molar-refractivity contribution in [2.75, 3.05) is 6.26 Å². The molecule has 4 nitrogen and oxygen atoms in total. The molecular formula is C7H12Cl2N2O2S. The first-order chi connectivity index (χ1) is 5.47. The fraction of sp³-hybridized carbons (Fsp3) is 0.286. The van der Waals surface area contributed by atoms with Gasteiger partial charge in [0.1, 0.15) is 0 Å². The van der Waals surface area contributed by atoms with Crippen LogP contribution in [-0.4, -0.2) is 20.4 Å². The second kappa shape index (κ2) is 6.06. The van der Waals surface area contributed by atoms with E-state index in [9.17, 15) is 8.42 Å². The molecule has 0 aromatic carbocycles. The smallest absolute Gasteiger partial charge is 0.250 e. The number of hydrogen-bond donors (Lipinski definition) is 1. The molecule has 2 N–H and O–H groups in total. The Morgan fingerprint density at radius 1 is 1.43 bits per heavy atom. The minimum atomic E-state index is -3.29. The van der Waals surface area contributed by atoms with Crippen molar-refractivity contribution >= 4 is 40.5 Å². The number of nitrogens with zero attached hydrogens (tertiary/aromatic N) is 1. The lowest BCUT2D eigenvalue weighted by Gasteiger charge is -2.04. The van der Waals surface area contributed by atoms with E-state index < -0.39 is 10.0 Å². The Hall–Kier alpha value is -0.520. The van der Waals surface area contributed by atoms with Gasteiger partial charge in [-0.3, -0.25) is 0 Å². The van der Waals surface area contributed by atoms with E-state index in [0.717, 1.165) is 6.26 Å². The molecule has 0 amide bonds. The summed E-state index contributed by atoms with van der Waals surface area (Å²) in [7, 11) is -3.29. The Labute approximate surface area is 95.8 Å². The fourth-order valence-corrected chi connectivity index (χ4v) is 1.44. The molecule has 7 heteroatoms. The van der Waals surface area contributed by atoms with Crippen LogP contribution in [0.1, 0.15) is 6.42 Å². The third-order valence-corrected chi connectivity index (χ3v) is 1.83. The van der Waals surface area contributed by atoms with Crippen LogP contribution < -0.4 is 5.73 Å². The molecule has 14 heavy (non-hydrogen) atoms. The van der Waals surface area contributed by atoms with E-state index in [1.54, 1.807) is 18.2 Å². The van der Waals surface area contributed by atoms with Crippen molar-refractivity contribution < 1.29 is 8.42 Å². The van der Waals surface area contributed by atoms with Crippen LogP contribution in [0.15, 0.2) is 28.3 Å². The monoisotopic (exact) mass is 258 g/mol. The SMILES string of the molecule is CS(=O)(=O)N=C1C=CC=C(N)C1.Cl.Cl. The van der Waals surface area contributed by atoms with Gasteiger partial charge < -0.3 is 5.73 Å². The molecule has 0 radical (unpaired) electrons. The fourth-order valence-electron chi connectivity index (χ4n) is 0.885. The molecule has 0 atom stereocenters. The van der Waals surface area contributed by atoms with Crippen LogP contribution in [0.4, 0.5) is 0 Å². The van der Waals surface area contributed by atoms with Crippen LogP contribution in [0.5, 0.6) is 0 Å². The Morgan fingerprint density at radius 2 is 2.00 bits per heavy atom. The average Bonchev–Trinajstić information content (AvgIpc) is 1.82. The Bertz CT molecular complexity index is 371. The van der Waals surface area contributed by atoms with Crippen LogP contribution in [0.3, 0.4) is 0 Å². The maximum absolute atomic E-state index is 10.7. The molecular weight excluding hydrogens is 247 g/mol. The van der Waals surface area contributed by atoms with E-state index in [4.69, 9.17) is 5.73 Å². The second-order valence-corrected chi connectivity index (χ2v) is 4.24. The minimum absolute atomic E-state index is 0. The number of nitrogens with two attached hydrogens (primary N) is 1. The van der Waals surface area contributed by atoms with Gasteiger partial charge in [-0.25, -0.2) is 8.42 Å². The van der Waals surface area contributed by atoms with Crippen LogP contribution >= 0.6 is 24.8 Å². The average molecular weight is 259 g/mol. The van der Waals surface area contributed by atoms with Gasteiger partial charge in [-0.2, -0.15) is 4.40 Å². The molecule has 0 saturated heterocycles. The van der Waals surface area contributed by atoms with Gasteiger partial charge in [0, 0.05) is 12.1 Å². The van der Waals surface area contributed by atoms with Gasteiger partial charge in [0.05, 0.1) is 12.0 Å². The summed E-state index contributed by atoms with van der Waals surface area (Å²) in [6.07, 6.45) is 6.51. The number of hydrogen-bond acceptors (Lipinski definition) is 3. The van der Waals surface area contributed by atoms with Gasteiger partial charge in [0.15, 0.2) is 0 Å². The highest BCUT2D eigenvalue weighted by Gasteiger charge is 2.05. The van der Waals surface area contributed by atoms with E-state index in [0.29, 0.717) is 17.8 Å². The van der Waals surface area contributed by atoms with Crippen LogP contribution in [0.2, 0.25) is 0 Å². The molecule has 1 aliphatic carbocycles. The van der Waals surface area contributed by atoms with Gasteiger partial charge in [-0.1, -0.05) is 6.08 Å². The van der Waals surface area contributed by atoms with Crippen molar-refractivity contribution in [2.45, 2.75) is 6.42 Å². The van der Waals surface area contributed by atoms with Gasteiger partial charge in [0.2, 0.25) is 10.0 Å². The van der Waals surface area contributed by atoms with Crippen molar-refractivity contribution in [2.24, 2.45) is 10.1 Å². The molecule has 0 fully saturated rings. The number of allylic oxidation sites excluding steroid dienone is 4. The Morgan fingerprint density at radius 3 is 2.43 bits per heavy atom. The predicted molar refractivity (Wildman–Crippen MR) is 62.8 cm³/mol. The van der Waals surface area contributed by atoms with Crippen molar-refractivity contribution in [3.05, 3.63) is 23.9 Å². The molecule has 1 aliphatic rings. The standard InChI is InChI=1S/C7H10N2O2S.2ClH/c1-12(10,11)9-7-4-2-3-6(8)5-7;;/h2-4H,5,8H2,1H3;2*1H. The van der Waals surface area contributed by atoms with E-state index >= 15 is 0 Å². The summed E-state index contributed by atoms with van der Waals surface area (Å²) in [6.45, 7) is 0. The van der Waals surface area contributed by atoms with Crippen LogP contribution in [0.25, 0.3) is 0 Å². The molecule has 0 aliphatic heterocycles. The highest BCUT2D eigenvalue weighted by atomic mass is 35.5. The summed E-state index contributed by atoms with van der Waals surface area (Å²) < 4.78 is 24.9. The Balaban J connectivity index is 0. The molecule has 0 aromatic heterocycles. The predicted octanol–water partition coefficient (Wildman–Crippen LogP) is 1.03. The van der Waals surface area contributed by atoms with Crippen molar-refractivity contribution in [3.8, 4) is 0 Å². The van der Waals surface area contributed by atoms with Gasteiger partial charge >= 0.3 is 0 Å². The number of rotatable bonds is 1. The molecule has 0 saturated carbocycles. The van der Waals surface area contributed by atoms with Gasteiger partial charge in [0.25, 0.3) is 0 Å². The van der Waals surface area contributed by atoms with E-state index in [2.05, 4.69) is 4.40 Å². The van der Waals surface area contributed by atoms with Crippen molar-refractivity contribution in [3.63, 3.8) is 0 Å². The summed E-state index contributed by atoms with van der Waals surface area (Å²) >= 11 is 0. The second-order valence-electron chi connectivity index (χ2n) is 2.59. The Kier molecular flexibility index (Phi) is 6.89. The minimum Gasteiger partial charge on any atom is -0.402 e. The number of halogens is 2. The zero-order valence-electron chi connectivity index (χ0n) is 7.50. The summed E-state index contributed by atoms with van der Waals surface area (Å²) in [5.74, 6) is 0. The van der Waals surface area contributed by atoms with Crippen LogP contribution in [0, 0.1) is 0 Å². The lowest BCUT2D eigenvalue weighted by Crippen LogP contribution is -2.09. The zero-order chi connectivity index (χ0) is 9.19. The van der Waals surface area contributed by atoms with Gasteiger partial charge in [-0.15, -0.1) is 24.8 Å². The summed E-state index contributed by atoms with van der Waals surface area (Å²) in [4.78, 5) is 0. The van der Waals surface area contributed by atoms with E-state index in [1.165, 1.54) is 0 Å². The summed E-state index contributed by atoms with van der Waals surface area (Å²) in [6, 6.07) is 0. The maximum Gasteiger partial charge on any atom is 0.250 e. The topological polar surface area (TPSA) is 72.5 Å². The molecule has 0 spiro atoms. The third kappa shape index (κ3) is 6.01.